The smallest absolute Gasteiger partial charge is 0.311 e. The summed E-state index contributed by atoms with van der Waals surface area (Å²) in [6, 6.07) is 11.8. The van der Waals surface area contributed by atoms with Crippen LogP contribution in [0.25, 0.3) is 0 Å². The third-order valence-electron chi connectivity index (χ3n) is 2.91. The minimum atomic E-state index is -0.481. The fraction of sp³-hybridized carbons (Fsp3) is 0.133. The summed E-state index contributed by atoms with van der Waals surface area (Å²) in [5.41, 5.74) is 1.92. The van der Waals surface area contributed by atoms with Crippen molar-refractivity contribution in [1.82, 2.24) is 0 Å². The largest absolute Gasteiger partial charge is 0.450 e. The molecular weight excluding hydrogens is 336 g/mol. The molecule has 0 aliphatic carbocycles. The number of rotatable bonds is 4. The number of nitrogens with zero attached hydrogens (tertiary/aromatic N) is 2. The van der Waals surface area contributed by atoms with Gasteiger partial charge >= 0.3 is 5.69 Å². The fourth-order valence-electron chi connectivity index (χ4n) is 1.77. The fourth-order valence-corrected chi connectivity index (χ4v) is 2.12. The lowest BCUT2D eigenvalue weighted by molar-refractivity contribution is -0.385. The second-order valence-electron chi connectivity index (χ2n) is 4.39. The van der Waals surface area contributed by atoms with Gasteiger partial charge in [0.15, 0.2) is 0 Å². The van der Waals surface area contributed by atoms with E-state index in [0.717, 1.165) is 11.1 Å². The molecule has 0 aliphatic heterocycles. The van der Waals surface area contributed by atoms with E-state index in [9.17, 15) is 10.1 Å². The van der Waals surface area contributed by atoms with Crippen molar-refractivity contribution in [2.45, 2.75) is 12.3 Å². The van der Waals surface area contributed by atoms with Gasteiger partial charge in [-0.25, -0.2) is 0 Å². The van der Waals surface area contributed by atoms with E-state index in [1.807, 2.05) is 13.0 Å². The number of halogens is 1. The number of nitriles is 1. The molecule has 0 radical (unpaired) electrons. The van der Waals surface area contributed by atoms with Crippen LogP contribution in [0.5, 0.6) is 11.5 Å². The first-order valence-corrected chi connectivity index (χ1v) is 7.19. The molecule has 0 bridgehead atoms. The van der Waals surface area contributed by atoms with E-state index in [2.05, 4.69) is 15.9 Å². The summed E-state index contributed by atoms with van der Waals surface area (Å²) in [5.74, 6) is 0.589. The van der Waals surface area contributed by atoms with Crippen molar-refractivity contribution in [3.05, 3.63) is 63.2 Å². The summed E-state index contributed by atoms with van der Waals surface area (Å²) < 4.78 is 5.64. The van der Waals surface area contributed by atoms with Crippen molar-refractivity contribution < 1.29 is 9.66 Å². The van der Waals surface area contributed by atoms with Gasteiger partial charge in [-0.15, -0.1) is 0 Å². The molecule has 0 heterocycles. The van der Waals surface area contributed by atoms with Crippen LogP contribution >= 0.6 is 15.9 Å². The Morgan fingerprint density at radius 2 is 2.05 bits per heavy atom. The minimum absolute atomic E-state index is 0.103. The van der Waals surface area contributed by atoms with Crippen LogP contribution in [-0.2, 0) is 5.33 Å². The zero-order valence-corrected chi connectivity index (χ0v) is 12.8. The molecule has 0 aromatic heterocycles. The van der Waals surface area contributed by atoms with Crippen LogP contribution in [0.15, 0.2) is 36.4 Å². The molecular formula is C15H11BrN2O3. The second kappa shape index (κ2) is 6.37. The van der Waals surface area contributed by atoms with Crippen LogP contribution < -0.4 is 4.74 Å². The topological polar surface area (TPSA) is 76.2 Å². The average Bonchev–Trinajstić information content (AvgIpc) is 2.49. The number of hydrogen-bond donors (Lipinski definition) is 0. The van der Waals surface area contributed by atoms with Crippen molar-refractivity contribution in [1.29, 1.82) is 5.26 Å². The summed E-state index contributed by atoms with van der Waals surface area (Å²) in [5, 5.41) is 20.6. The monoisotopic (exact) mass is 346 g/mol. The van der Waals surface area contributed by atoms with Crippen molar-refractivity contribution >= 4 is 21.6 Å². The molecule has 0 atom stereocenters. The number of nitro groups is 1. The van der Waals surface area contributed by atoms with E-state index < -0.39 is 4.92 Å². The molecule has 0 N–H and O–H groups in total. The third-order valence-corrected chi connectivity index (χ3v) is 3.56. The molecule has 0 saturated carbocycles. The molecule has 6 heteroatoms. The Morgan fingerprint density at radius 3 is 2.67 bits per heavy atom. The molecule has 5 nitrogen and oxygen atoms in total. The molecule has 0 fully saturated rings. The number of aryl methyl sites for hydroxylation is 1. The van der Waals surface area contributed by atoms with Crippen LogP contribution in [0, 0.1) is 28.4 Å². The Kier molecular flexibility index (Phi) is 4.55. The van der Waals surface area contributed by atoms with E-state index in [1.54, 1.807) is 30.3 Å². The van der Waals surface area contributed by atoms with Crippen molar-refractivity contribution in [3.8, 4) is 17.6 Å². The highest BCUT2D eigenvalue weighted by molar-refractivity contribution is 9.08. The average molecular weight is 347 g/mol. The molecule has 106 valence electrons. The van der Waals surface area contributed by atoms with Gasteiger partial charge < -0.3 is 4.74 Å². The zero-order chi connectivity index (χ0) is 15.4. The number of alkyl halides is 1. The highest BCUT2D eigenvalue weighted by Gasteiger charge is 2.17. The van der Waals surface area contributed by atoms with Crippen molar-refractivity contribution in [2.75, 3.05) is 0 Å². The Balaban J connectivity index is 2.44. The number of benzene rings is 2. The molecule has 0 saturated heterocycles. The molecule has 2 aromatic carbocycles. The SMILES string of the molecule is Cc1ccc(C#N)cc1Oc1ccc(CBr)cc1[N+](=O)[O-]. The van der Waals surface area contributed by atoms with E-state index in [0.29, 0.717) is 16.6 Å². The molecule has 0 amide bonds. The Labute approximate surface area is 130 Å². The summed E-state index contributed by atoms with van der Waals surface area (Å²) in [7, 11) is 0. The van der Waals surface area contributed by atoms with Crippen LogP contribution in [0.2, 0.25) is 0 Å². The van der Waals surface area contributed by atoms with Crippen LogP contribution in [0.1, 0.15) is 16.7 Å². The van der Waals surface area contributed by atoms with E-state index >= 15 is 0 Å². The Bertz CT molecular complexity index is 738. The molecule has 21 heavy (non-hydrogen) atoms. The predicted octanol–water partition coefficient (Wildman–Crippen LogP) is 4.46. The maximum Gasteiger partial charge on any atom is 0.311 e. The van der Waals surface area contributed by atoms with Crippen molar-refractivity contribution in [3.63, 3.8) is 0 Å². The maximum absolute atomic E-state index is 11.1. The summed E-state index contributed by atoms with van der Waals surface area (Å²) in [6.07, 6.45) is 0. The summed E-state index contributed by atoms with van der Waals surface area (Å²) in [6.45, 7) is 1.81. The molecule has 0 unspecified atom stereocenters. The van der Waals surface area contributed by atoms with Crippen LogP contribution in [0.3, 0.4) is 0 Å². The van der Waals surface area contributed by atoms with Gasteiger partial charge in [0.25, 0.3) is 0 Å². The van der Waals surface area contributed by atoms with Gasteiger partial charge in [-0.05, 0) is 36.2 Å². The highest BCUT2D eigenvalue weighted by atomic mass is 79.9. The number of ether oxygens (including phenoxy) is 1. The standard InChI is InChI=1S/C15H11BrN2O3/c1-10-2-3-12(9-17)7-15(10)21-14-5-4-11(8-16)6-13(14)18(19)20/h2-7H,8H2,1H3. The Morgan fingerprint density at radius 1 is 1.29 bits per heavy atom. The van der Waals surface area contributed by atoms with Gasteiger partial charge in [0, 0.05) is 11.4 Å². The summed E-state index contributed by atoms with van der Waals surface area (Å²) >= 11 is 3.26. The highest BCUT2D eigenvalue weighted by Crippen LogP contribution is 2.34. The quantitative estimate of drug-likeness (QED) is 0.465. The first-order chi connectivity index (χ1) is 10.0. The molecule has 2 aromatic rings. The van der Waals surface area contributed by atoms with Gasteiger partial charge in [0.1, 0.15) is 5.75 Å². The lowest BCUT2D eigenvalue weighted by atomic mass is 10.1. The first-order valence-electron chi connectivity index (χ1n) is 6.07. The van der Waals surface area contributed by atoms with Crippen LogP contribution in [0.4, 0.5) is 5.69 Å². The van der Waals surface area contributed by atoms with Gasteiger partial charge in [0.2, 0.25) is 5.75 Å². The first kappa shape index (κ1) is 15.0. The van der Waals surface area contributed by atoms with Crippen molar-refractivity contribution in [2.24, 2.45) is 0 Å². The van der Waals surface area contributed by atoms with E-state index in [4.69, 9.17) is 10.00 Å². The number of nitro benzene ring substituents is 1. The Hall–Kier alpha value is -2.39. The lowest BCUT2D eigenvalue weighted by Crippen LogP contribution is -1.96. The molecule has 0 spiro atoms. The molecule has 2 rings (SSSR count). The van der Waals surface area contributed by atoms with E-state index in [-0.39, 0.29) is 11.4 Å². The molecule has 0 aliphatic rings. The van der Waals surface area contributed by atoms with Crippen LogP contribution in [-0.4, -0.2) is 4.92 Å². The normalized spacial score (nSPS) is 9.95. The third kappa shape index (κ3) is 3.38. The van der Waals surface area contributed by atoms with Gasteiger partial charge in [0.05, 0.1) is 16.6 Å². The van der Waals surface area contributed by atoms with Gasteiger partial charge in [-0.3, -0.25) is 10.1 Å². The zero-order valence-electron chi connectivity index (χ0n) is 11.2. The summed E-state index contributed by atoms with van der Waals surface area (Å²) in [4.78, 5) is 10.7. The second-order valence-corrected chi connectivity index (χ2v) is 4.95. The maximum atomic E-state index is 11.1. The van der Waals surface area contributed by atoms with E-state index in [1.165, 1.54) is 6.07 Å². The number of hydrogen-bond acceptors (Lipinski definition) is 4. The minimum Gasteiger partial charge on any atom is -0.450 e. The lowest BCUT2D eigenvalue weighted by Gasteiger charge is -2.10. The predicted molar refractivity (Wildman–Crippen MR) is 81.7 cm³/mol. The van der Waals surface area contributed by atoms with Gasteiger partial charge in [-0.2, -0.15) is 5.26 Å². The van der Waals surface area contributed by atoms with Gasteiger partial charge in [-0.1, -0.05) is 28.1 Å².